The number of amides is 1. The fourth-order valence-electron chi connectivity index (χ4n) is 3.55. The van der Waals surface area contributed by atoms with Crippen molar-refractivity contribution in [3.8, 4) is 0 Å². The Morgan fingerprint density at radius 2 is 2.43 bits per heavy atom. The van der Waals surface area contributed by atoms with Gasteiger partial charge in [0.2, 0.25) is 5.91 Å². The van der Waals surface area contributed by atoms with Crippen molar-refractivity contribution in [2.75, 3.05) is 31.1 Å². The Morgan fingerprint density at radius 1 is 1.57 bits per heavy atom. The Balaban J connectivity index is 1.68. The van der Waals surface area contributed by atoms with E-state index in [1.807, 2.05) is 6.92 Å². The van der Waals surface area contributed by atoms with Crippen LogP contribution in [-0.4, -0.2) is 48.0 Å². The summed E-state index contributed by atoms with van der Waals surface area (Å²) in [7, 11) is 0. The van der Waals surface area contributed by atoms with Gasteiger partial charge in [0.25, 0.3) is 0 Å². The van der Waals surface area contributed by atoms with Crippen LogP contribution in [0.2, 0.25) is 0 Å². The number of likely N-dealkylation sites (tertiary alicyclic amines) is 1. The van der Waals surface area contributed by atoms with Gasteiger partial charge in [0.05, 0.1) is 5.69 Å². The predicted molar refractivity (Wildman–Crippen MR) is 85.6 cm³/mol. The zero-order valence-corrected chi connectivity index (χ0v) is 13.7. The Labute approximate surface area is 130 Å². The lowest BCUT2D eigenvalue weighted by atomic mass is 9.92. The van der Waals surface area contributed by atoms with Crippen LogP contribution in [0.5, 0.6) is 0 Å². The minimum atomic E-state index is 0.0661. The highest BCUT2D eigenvalue weighted by molar-refractivity contribution is 7.14. The van der Waals surface area contributed by atoms with Crippen LogP contribution in [0.3, 0.4) is 0 Å². The number of hydrogen-bond donors (Lipinski definition) is 1. The molecule has 1 N–H and O–H groups in total. The first kappa shape index (κ1) is 14.9. The van der Waals surface area contributed by atoms with Crippen LogP contribution in [0.1, 0.15) is 32.4 Å². The summed E-state index contributed by atoms with van der Waals surface area (Å²) in [6.07, 6.45) is 2.64. The first-order valence-corrected chi connectivity index (χ1v) is 8.74. The molecular formula is C15H24N4OS. The molecular weight excluding hydrogens is 284 g/mol. The molecule has 6 heteroatoms. The average Bonchev–Trinajstić information content (AvgIpc) is 3.09. The average molecular weight is 308 g/mol. The summed E-state index contributed by atoms with van der Waals surface area (Å²) in [6.45, 7) is 8.62. The molecule has 0 spiro atoms. The highest BCUT2D eigenvalue weighted by atomic mass is 32.1. The third kappa shape index (κ3) is 3.12. The molecule has 5 nitrogen and oxygen atoms in total. The fourth-order valence-corrected chi connectivity index (χ4v) is 4.48. The molecule has 3 heterocycles. The van der Waals surface area contributed by atoms with Gasteiger partial charge in [-0.25, -0.2) is 4.98 Å². The second kappa shape index (κ2) is 6.42. The van der Waals surface area contributed by atoms with Gasteiger partial charge in [-0.1, -0.05) is 0 Å². The summed E-state index contributed by atoms with van der Waals surface area (Å²) in [5.41, 5.74) is 1.10. The lowest BCUT2D eigenvalue weighted by Gasteiger charge is -2.36. The number of nitrogens with zero attached hydrogens (tertiary/aromatic N) is 3. The molecule has 1 aromatic rings. The maximum atomic E-state index is 11.6. The Hall–Kier alpha value is -0.980. The number of carbonyl (C=O) groups is 1. The molecule has 1 aromatic heterocycles. The number of piperidine rings is 1. The highest BCUT2D eigenvalue weighted by Crippen LogP contribution is 2.29. The number of carbonyl (C=O) groups excluding carboxylic acids is 1. The quantitative estimate of drug-likeness (QED) is 0.920. The van der Waals surface area contributed by atoms with E-state index in [9.17, 15) is 4.79 Å². The van der Waals surface area contributed by atoms with Gasteiger partial charge in [0, 0.05) is 38.0 Å². The molecule has 2 aliphatic heterocycles. The largest absolute Gasteiger partial charge is 0.315 e. The zero-order valence-electron chi connectivity index (χ0n) is 12.8. The smallest absolute Gasteiger partial charge is 0.225 e. The van der Waals surface area contributed by atoms with Crippen LogP contribution < -0.4 is 10.2 Å². The van der Waals surface area contributed by atoms with Crippen molar-refractivity contribution in [1.82, 2.24) is 15.2 Å². The van der Waals surface area contributed by atoms with Gasteiger partial charge < -0.3 is 5.32 Å². The molecule has 116 valence electrons. The third-order valence-electron chi connectivity index (χ3n) is 4.63. The van der Waals surface area contributed by atoms with Crippen molar-refractivity contribution >= 4 is 22.4 Å². The first-order valence-electron chi connectivity index (χ1n) is 7.86. The van der Waals surface area contributed by atoms with E-state index in [4.69, 9.17) is 0 Å². The van der Waals surface area contributed by atoms with Gasteiger partial charge in [-0.2, -0.15) is 0 Å². The minimum absolute atomic E-state index is 0.0661. The molecule has 2 aliphatic rings. The number of aromatic nitrogens is 1. The van der Waals surface area contributed by atoms with E-state index in [0.29, 0.717) is 12.6 Å². The van der Waals surface area contributed by atoms with Gasteiger partial charge in [-0.15, -0.1) is 11.3 Å². The third-order valence-corrected chi connectivity index (χ3v) is 5.54. The molecule has 2 unspecified atom stereocenters. The summed E-state index contributed by atoms with van der Waals surface area (Å²) < 4.78 is 0. The number of nitrogens with one attached hydrogen (secondary N) is 1. The number of rotatable bonds is 4. The standard InChI is InChI=1S/C15H24N4OS/c1-3-19(11(2)20)15-17-13(10-21-15)9-18-6-4-5-12-7-16-8-14(12)18/h10,12,14,16H,3-9H2,1-2H3. The molecule has 2 saturated heterocycles. The molecule has 0 bridgehead atoms. The summed E-state index contributed by atoms with van der Waals surface area (Å²) in [4.78, 5) is 20.6. The maximum Gasteiger partial charge on any atom is 0.225 e. The number of hydrogen-bond acceptors (Lipinski definition) is 5. The molecule has 1 amide bonds. The van der Waals surface area contributed by atoms with Crippen LogP contribution >= 0.6 is 11.3 Å². The molecule has 0 saturated carbocycles. The van der Waals surface area contributed by atoms with E-state index in [-0.39, 0.29) is 5.91 Å². The van der Waals surface area contributed by atoms with E-state index in [1.165, 1.54) is 19.4 Å². The summed E-state index contributed by atoms with van der Waals surface area (Å²) in [5.74, 6) is 0.873. The van der Waals surface area contributed by atoms with Crippen molar-refractivity contribution in [3.63, 3.8) is 0 Å². The van der Waals surface area contributed by atoms with Crippen molar-refractivity contribution in [1.29, 1.82) is 0 Å². The second-order valence-corrected chi connectivity index (χ2v) is 6.82. The van der Waals surface area contributed by atoms with Gasteiger partial charge in [0.15, 0.2) is 5.13 Å². The van der Waals surface area contributed by atoms with Crippen molar-refractivity contribution in [2.24, 2.45) is 5.92 Å². The van der Waals surface area contributed by atoms with Crippen LogP contribution in [0, 0.1) is 5.92 Å². The summed E-state index contributed by atoms with van der Waals surface area (Å²) >= 11 is 1.58. The van der Waals surface area contributed by atoms with Crippen molar-refractivity contribution in [2.45, 2.75) is 39.3 Å². The molecule has 2 fully saturated rings. The van der Waals surface area contributed by atoms with Gasteiger partial charge in [0.1, 0.15) is 0 Å². The molecule has 2 atom stereocenters. The lowest BCUT2D eigenvalue weighted by molar-refractivity contribution is -0.116. The Kier molecular flexibility index (Phi) is 4.57. The van der Waals surface area contributed by atoms with E-state index in [0.717, 1.165) is 36.4 Å². The van der Waals surface area contributed by atoms with E-state index in [2.05, 4.69) is 20.6 Å². The van der Waals surface area contributed by atoms with Crippen molar-refractivity contribution in [3.05, 3.63) is 11.1 Å². The summed E-state index contributed by atoms with van der Waals surface area (Å²) in [5, 5.41) is 6.45. The molecule has 3 rings (SSSR count). The van der Waals surface area contributed by atoms with Gasteiger partial charge in [-0.05, 0) is 38.8 Å². The van der Waals surface area contributed by atoms with E-state index >= 15 is 0 Å². The van der Waals surface area contributed by atoms with E-state index in [1.54, 1.807) is 23.2 Å². The predicted octanol–water partition coefficient (Wildman–Crippen LogP) is 1.70. The lowest BCUT2D eigenvalue weighted by Crippen LogP contribution is -2.44. The normalized spacial score (nSPS) is 25.8. The minimum Gasteiger partial charge on any atom is -0.315 e. The van der Waals surface area contributed by atoms with Crippen LogP contribution in [0.15, 0.2) is 5.38 Å². The number of thiazole rings is 1. The van der Waals surface area contributed by atoms with Crippen LogP contribution in [0.25, 0.3) is 0 Å². The van der Waals surface area contributed by atoms with Crippen molar-refractivity contribution < 1.29 is 4.79 Å². The molecule has 0 aromatic carbocycles. The highest BCUT2D eigenvalue weighted by Gasteiger charge is 2.35. The van der Waals surface area contributed by atoms with Crippen LogP contribution in [0.4, 0.5) is 5.13 Å². The monoisotopic (exact) mass is 308 g/mol. The SMILES string of the molecule is CCN(C(C)=O)c1nc(CN2CCCC3CNCC32)cs1. The van der Waals surface area contributed by atoms with Crippen LogP contribution in [-0.2, 0) is 11.3 Å². The fraction of sp³-hybridized carbons (Fsp3) is 0.733. The number of anilines is 1. The summed E-state index contributed by atoms with van der Waals surface area (Å²) in [6, 6.07) is 0.666. The topological polar surface area (TPSA) is 48.5 Å². The maximum absolute atomic E-state index is 11.6. The van der Waals surface area contributed by atoms with E-state index < -0.39 is 0 Å². The second-order valence-electron chi connectivity index (χ2n) is 5.98. The molecule has 0 radical (unpaired) electrons. The number of fused-ring (bicyclic) bond motifs is 1. The Morgan fingerprint density at radius 3 is 3.19 bits per heavy atom. The first-order chi connectivity index (χ1) is 10.2. The molecule has 0 aliphatic carbocycles. The molecule has 21 heavy (non-hydrogen) atoms. The Bertz CT molecular complexity index is 504. The van der Waals surface area contributed by atoms with Gasteiger partial charge in [-0.3, -0.25) is 14.6 Å². The zero-order chi connectivity index (χ0) is 14.8. The van der Waals surface area contributed by atoms with Gasteiger partial charge >= 0.3 is 0 Å².